The number of rotatable bonds is 6. The zero-order chi connectivity index (χ0) is 10.3. The van der Waals surface area contributed by atoms with Crippen molar-refractivity contribution >= 4 is 21.8 Å². The molecule has 0 aromatic carbocycles. The minimum absolute atomic E-state index is 0.180. The Labute approximate surface area is 88.3 Å². The van der Waals surface area contributed by atoms with Gasteiger partial charge in [-0.1, -0.05) is 22.5 Å². The minimum atomic E-state index is 0.180. The fourth-order valence-corrected chi connectivity index (χ4v) is 1.01. The largest absolute Gasteiger partial charge is 0.349 e. The van der Waals surface area contributed by atoms with Crippen LogP contribution in [0.2, 0.25) is 0 Å². The van der Waals surface area contributed by atoms with Crippen LogP contribution < -0.4 is 5.32 Å². The molecule has 13 heavy (non-hydrogen) atoms. The molecule has 1 N–H and O–H groups in total. The van der Waals surface area contributed by atoms with Crippen LogP contribution in [0.25, 0.3) is 0 Å². The first-order valence-corrected chi connectivity index (χ1v) is 5.07. The van der Waals surface area contributed by atoms with Crippen LogP contribution in [0.3, 0.4) is 0 Å². The van der Waals surface area contributed by atoms with Crippen LogP contribution >= 0.6 is 15.9 Å². The highest BCUT2D eigenvalue weighted by Gasteiger charge is 2.01. The van der Waals surface area contributed by atoms with Gasteiger partial charge in [0.05, 0.1) is 0 Å². The van der Waals surface area contributed by atoms with E-state index in [9.17, 15) is 4.79 Å². The molecule has 0 atom stereocenters. The average Bonchev–Trinajstić information content (AvgIpc) is 2.02. The fourth-order valence-electron chi connectivity index (χ4n) is 0.812. The highest BCUT2D eigenvalue weighted by Crippen LogP contribution is 1.97. The number of amides is 1. The summed E-state index contributed by atoms with van der Waals surface area (Å²) in [6.45, 7) is 5.31. The van der Waals surface area contributed by atoms with Gasteiger partial charge in [-0.15, -0.1) is 0 Å². The van der Waals surface area contributed by atoms with Gasteiger partial charge in [0, 0.05) is 31.5 Å². The molecule has 0 aromatic rings. The molecule has 0 bridgehead atoms. The Morgan fingerprint density at radius 1 is 1.54 bits per heavy atom. The van der Waals surface area contributed by atoms with E-state index in [0.717, 1.165) is 24.0 Å². The molecule has 1 amide bonds. The van der Waals surface area contributed by atoms with Gasteiger partial charge in [0.2, 0.25) is 5.91 Å². The van der Waals surface area contributed by atoms with Crippen LogP contribution in [0, 0.1) is 0 Å². The van der Waals surface area contributed by atoms with Crippen molar-refractivity contribution in [1.29, 1.82) is 0 Å². The van der Waals surface area contributed by atoms with Crippen LogP contribution in [0.5, 0.6) is 0 Å². The molecule has 0 rings (SSSR count). The first-order chi connectivity index (χ1) is 6.04. The Morgan fingerprint density at radius 3 is 2.62 bits per heavy atom. The Bertz CT molecular complexity index is 180. The molecule has 0 radical (unpaired) electrons. The smallest absolute Gasteiger partial charge is 0.222 e. The molecule has 0 spiro atoms. The van der Waals surface area contributed by atoms with E-state index in [2.05, 4.69) is 27.8 Å². The number of nitrogens with one attached hydrogen (secondary N) is 1. The van der Waals surface area contributed by atoms with E-state index < -0.39 is 0 Å². The Morgan fingerprint density at radius 2 is 2.15 bits per heavy atom. The average molecular weight is 249 g/mol. The van der Waals surface area contributed by atoms with Crippen molar-refractivity contribution in [2.75, 3.05) is 27.2 Å². The maximum absolute atomic E-state index is 11.1. The third kappa shape index (κ3) is 7.99. The first-order valence-electron chi connectivity index (χ1n) is 4.28. The van der Waals surface area contributed by atoms with Gasteiger partial charge in [0.25, 0.3) is 0 Å². The van der Waals surface area contributed by atoms with E-state index in [4.69, 9.17) is 0 Å². The third-order valence-corrected chi connectivity index (χ3v) is 1.84. The summed E-state index contributed by atoms with van der Waals surface area (Å²) in [5, 5.41) is 3.16. The van der Waals surface area contributed by atoms with Crippen molar-refractivity contribution in [2.24, 2.45) is 0 Å². The highest BCUT2D eigenvalue weighted by molar-refractivity contribution is 9.11. The topological polar surface area (TPSA) is 32.3 Å². The standard InChI is InChI=1S/C9H17BrN2O/c1-8(10)7-11-6-4-5-9(13)12(2)3/h11H,1,4-7H2,2-3H3. The highest BCUT2D eigenvalue weighted by atomic mass is 79.9. The first kappa shape index (κ1) is 12.7. The zero-order valence-corrected chi connectivity index (χ0v) is 9.85. The van der Waals surface area contributed by atoms with Crippen molar-refractivity contribution in [1.82, 2.24) is 10.2 Å². The molecule has 0 fully saturated rings. The third-order valence-electron chi connectivity index (χ3n) is 1.56. The molecule has 76 valence electrons. The van der Waals surface area contributed by atoms with Gasteiger partial charge in [-0.2, -0.15) is 0 Å². The summed E-state index contributed by atoms with van der Waals surface area (Å²) in [4.78, 5) is 12.7. The minimum Gasteiger partial charge on any atom is -0.349 e. The Hall–Kier alpha value is -0.350. The Balaban J connectivity index is 3.26. The molecule has 4 heteroatoms. The number of carbonyl (C=O) groups is 1. The van der Waals surface area contributed by atoms with Crippen molar-refractivity contribution in [2.45, 2.75) is 12.8 Å². The summed E-state index contributed by atoms with van der Waals surface area (Å²) >= 11 is 3.25. The normalized spacial score (nSPS) is 9.77. The van der Waals surface area contributed by atoms with Gasteiger partial charge in [0.1, 0.15) is 0 Å². The molecular weight excluding hydrogens is 232 g/mol. The molecule has 0 saturated carbocycles. The lowest BCUT2D eigenvalue weighted by atomic mass is 10.3. The van der Waals surface area contributed by atoms with E-state index >= 15 is 0 Å². The maximum atomic E-state index is 11.1. The quantitative estimate of drug-likeness (QED) is 0.721. The second-order valence-corrected chi connectivity index (χ2v) is 4.21. The molecule has 0 unspecified atom stereocenters. The summed E-state index contributed by atoms with van der Waals surface area (Å²) in [6.07, 6.45) is 1.48. The number of nitrogens with zero attached hydrogens (tertiary/aromatic N) is 1. The molecule has 0 aliphatic heterocycles. The van der Waals surface area contributed by atoms with Gasteiger partial charge in [-0.25, -0.2) is 0 Å². The molecular formula is C9H17BrN2O. The van der Waals surface area contributed by atoms with Gasteiger partial charge in [-0.3, -0.25) is 4.79 Å². The van der Waals surface area contributed by atoms with E-state index in [-0.39, 0.29) is 5.91 Å². The summed E-state index contributed by atoms with van der Waals surface area (Å²) in [6, 6.07) is 0. The van der Waals surface area contributed by atoms with Gasteiger partial charge in [-0.05, 0) is 13.0 Å². The summed E-state index contributed by atoms with van der Waals surface area (Å²) in [5.74, 6) is 0.180. The molecule has 0 heterocycles. The predicted octanol–water partition coefficient (Wildman–Crippen LogP) is 1.35. The lowest BCUT2D eigenvalue weighted by Crippen LogP contribution is -2.23. The van der Waals surface area contributed by atoms with Crippen molar-refractivity contribution in [3.05, 3.63) is 11.1 Å². The van der Waals surface area contributed by atoms with Crippen LogP contribution in [-0.2, 0) is 4.79 Å². The predicted molar refractivity (Wildman–Crippen MR) is 58.9 cm³/mol. The SMILES string of the molecule is C=C(Br)CNCCCC(=O)N(C)C. The van der Waals surface area contributed by atoms with Gasteiger partial charge >= 0.3 is 0 Å². The summed E-state index contributed by atoms with van der Waals surface area (Å²) < 4.78 is 0.937. The lowest BCUT2D eigenvalue weighted by molar-refractivity contribution is -0.128. The van der Waals surface area contributed by atoms with Crippen molar-refractivity contribution in [3.63, 3.8) is 0 Å². The number of hydrogen-bond acceptors (Lipinski definition) is 2. The van der Waals surface area contributed by atoms with Crippen LogP contribution in [0.1, 0.15) is 12.8 Å². The lowest BCUT2D eigenvalue weighted by Gasteiger charge is -2.09. The maximum Gasteiger partial charge on any atom is 0.222 e. The monoisotopic (exact) mass is 248 g/mol. The molecule has 0 saturated heterocycles. The van der Waals surface area contributed by atoms with E-state index in [0.29, 0.717) is 6.42 Å². The Kier molecular flexibility index (Phi) is 6.90. The molecule has 0 aliphatic rings. The molecule has 0 aliphatic carbocycles. The second kappa shape index (κ2) is 7.09. The fraction of sp³-hybridized carbons (Fsp3) is 0.667. The van der Waals surface area contributed by atoms with E-state index in [1.807, 2.05) is 0 Å². The number of hydrogen-bond donors (Lipinski definition) is 1. The van der Waals surface area contributed by atoms with Gasteiger partial charge in [0.15, 0.2) is 0 Å². The van der Waals surface area contributed by atoms with Crippen LogP contribution in [0.15, 0.2) is 11.1 Å². The zero-order valence-electron chi connectivity index (χ0n) is 8.27. The molecule has 3 nitrogen and oxygen atoms in total. The van der Waals surface area contributed by atoms with Crippen LogP contribution in [0.4, 0.5) is 0 Å². The van der Waals surface area contributed by atoms with Crippen molar-refractivity contribution in [3.8, 4) is 0 Å². The van der Waals surface area contributed by atoms with E-state index in [1.165, 1.54) is 0 Å². The second-order valence-electron chi connectivity index (χ2n) is 3.09. The number of halogens is 1. The number of carbonyl (C=O) groups excluding carboxylic acids is 1. The van der Waals surface area contributed by atoms with Crippen molar-refractivity contribution < 1.29 is 4.79 Å². The summed E-state index contributed by atoms with van der Waals surface area (Å²) in [5.41, 5.74) is 0. The van der Waals surface area contributed by atoms with Crippen LogP contribution in [-0.4, -0.2) is 38.0 Å². The van der Waals surface area contributed by atoms with Gasteiger partial charge < -0.3 is 10.2 Å². The molecule has 0 aromatic heterocycles. The van der Waals surface area contributed by atoms with E-state index in [1.54, 1.807) is 19.0 Å². The summed E-state index contributed by atoms with van der Waals surface area (Å²) in [7, 11) is 3.55.